The third-order valence-corrected chi connectivity index (χ3v) is 8.09. The quantitative estimate of drug-likeness (QED) is 0.725. The van der Waals surface area contributed by atoms with E-state index in [1.54, 1.807) is 25.2 Å². The lowest BCUT2D eigenvalue weighted by molar-refractivity contribution is 0.399. The number of hydrogen-bond donors (Lipinski definition) is 0. The van der Waals surface area contributed by atoms with Crippen LogP contribution < -0.4 is 0 Å². The van der Waals surface area contributed by atoms with Crippen LogP contribution in [0, 0.1) is 6.92 Å². The topological polar surface area (TPSA) is 37.4 Å². The minimum Gasteiger partial charge on any atom is -0.206 e. The molecule has 0 amide bonds. The Labute approximate surface area is 142 Å². The Morgan fingerprint density at radius 2 is 2.00 bits per heavy atom. The molecule has 1 heterocycles. The molecule has 0 saturated heterocycles. The molecular formula is C14H15BrClNO2S2. The van der Waals surface area contributed by atoms with Gasteiger partial charge in [0.2, 0.25) is 0 Å². The Balaban J connectivity index is 2.36. The van der Waals surface area contributed by atoms with Crippen molar-refractivity contribution in [3.05, 3.63) is 50.3 Å². The zero-order chi connectivity index (χ0) is 15.8. The Bertz CT molecular complexity index is 739. The summed E-state index contributed by atoms with van der Waals surface area (Å²) in [6.45, 7) is 3.72. The van der Waals surface area contributed by atoms with Crippen molar-refractivity contribution in [1.29, 1.82) is 0 Å². The van der Waals surface area contributed by atoms with Crippen molar-refractivity contribution >= 4 is 48.9 Å². The molecule has 3 nitrogen and oxygen atoms in total. The van der Waals surface area contributed by atoms with Crippen LogP contribution in [0.2, 0.25) is 5.02 Å². The summed E-state index contributed by atoms with van der Waals surface area (Å²) < 4.78 is 27.9. The molecule has 21 heavy (non-hydrogen) atoms. The second-order valence-electron chi connectivity index (χ2n) is 4.77. The van der Waals surface area contributed by atoms with Gasteiger partial charge in [-0.05, 0) is 59.1 Å². The van der Waals surface area contributed by atoms with E-state index in [1.165, 1.54) is 15.6 Å². The highest BCUT2D eigenvalue weighted by atomic mass is 79.9. The normalized spacial score (nSPS) is 13.6. The highest BCUT2D eigenvalue weighted by Gasteiger charge is 2.28. The average Bonchev–Trinajstić information content (AvgIpc) is 2.77. The fraction of sp³-hybridized carbons (Fsp3) is 0.286. The van der Waals surface area contributed by atoms with E-state index in [2.05, 4.69) is 15.9 Å². The third kappa shape index (κ3) is 3.51. The Morgan fingerprint density at radius 1 is 1.33 bits per heavy atom. The van der Waals surface area contributed by atoms with Gasteiger partial charge in [-0.3, -0.25) is 0 Å². The van der Waals surface area contributed by atoms with Gasteiger partial charge < -0.3 is 0 Å². The molecule has 0 radical (unpaired) electrons. The second kappa shape index (κ2) is 6.38. The minimum atomic E-state index is -3.52. The summed E-state index contributed by atoms with van der Waals surface area (Å²) in [4.78, 5) is 0. The van der Waals surface area contributed by atoms with Gasteiger partial charge in [0.15, 0.2) is 0 Å². The van der Waals surface area contributed by atoms with Crippen molar-refractivity contribution in [2.75, 3.05) is 7.05 Å². The summed E-state index contributed by atoms with van der Waals surface area (Å²) in [5.41, 5.74) is 1.78. The largest absolute Gasteiger partial charge is 0.252 e. The number of thiophene rings is 1. The first-order valence-corrected chi connectivity index (χ1v) is 9.65. The molecule has 7 heteroatoms. The summed E-state index contributed by atoms with van der Waals surface area (Å²) in [6, 6.07) is 8.64. The van der Waals surface area contributed by atoms with Crippen LogP contribution in [0.3, 0.4) is 0 Å². The molecule has 0 aliphatic heterocycles. The summed E-state index contributed by atoms with van der Waals surface area (Å²) >= 11 is 10.6. The molecular weight excluding hydrogens is 394 g/mol. The third-order valence-electron chi connectivity index (χ3n) is 3.34. The minimum absolute atomic E-state index is 0.296. The van der Waals surface area contributed by atoms with Gasteiger partial charge in [-0.15, -0.1) is 11.3 Å². The van der Waals surface area contributed by atoms with Crippen LogP contribution in [0.25, 0.3) is 0 Å². The van der Waals surface area contributed by atoms with Crippen molar-refractivity contribution < 1.29 is 8.42 Å². The van der Waals surface area contributed by atoms with E-state index in [9.17, 15) is 8.42 Å². The Morgan fingerprint density at radius 3 is 2.52 bits per heavy atom. The number of sulfonamides is 1. The van der Waals surface area contributed by atoms with E-state index in [4.69, 9.17) is 11.6 Å². The summed E-state index contributed by atoms with van der Waals surface area (Å²) in [7, 11) is -1.93. The van der Waals surface area contributed by atoms with Gasteiger partial charge in [-0.1, -0.05) is 23.7 Å². The zero-order valence-corrected chi connectivity index (χ0v) is 15.8. The first-order valence-electron chi connectivity index (χ1n) is 6.23. The van der Waals surface area contributed by atoms with Crippen molar-refractivity contribution in [2.45, 2.75) is 24.1 Å². The maximum Gasteiger partial charge on any atom is 0.252 e. The molecule has 1 unspecified atom stereocenters. The number of nitrogens with zero attached hydrogens (tertiary/aromatic N) is 1. The second-order valence-corrected chi connectivity index (χ2v) is 9.81. The van der Waals surface area contributed by atoms with Gasteiger partial charge in [-0.25, -0.2) is 8.42 Å². The van der Waals surface area contributed by atoms with E-state index in [-0.39, 0.29) is 6.04 Å². The molecule has 2 aromatic rings. The SMILES string of the molecule is Cc1cc(S(=O)(=O)N(C)C(C)c2cccc(Cl)c2)sc1Br. The molecule has 0 aliphatic rings. The van der Waals surface area contributed by atoms with Crippen LogP contribution in [-0.2, 0) is 10.0 Å². The van der Waals surface area contributed by atoms with Gasteiger partial charge in [0.05, 0.1) is 3.79 Å². The standard InChI is InChI=1S/C14H15BrClNO2S2/c1-9-7-13(20-14(9)15)21(18,19)17(3)10(2)11-5-4-6-12(16)8-11/h4-8,10H,1-3H3. The number of rotatable bonds is 4. The maximum atomic E-state index is 12.7. The molecule has 0 fully saturated rings. The van der Waals surface area contributed by atoms with E-state index in [0.29, 0.717) is 9.23 Å². The average molecular weight is 409 g/mol. The zero-order valence-electron chi connectivity index (χ0n) is 11.8. The summed E-state index contributed by atoms with van der Waals surface area (Å²) in [5, 5.41) is 0.597. The molecule has 0 spiro atoms. The number of hydrogen-bond acceptors (Lipinski definition) is 3. The lowest BCUT2D eigenvalue weighted by Gasteiger charge is -2.24. The van der Waals surface area contributed by atoms with E-state index >= 15 is 0 Å². The van der Waals surface area contributed by atoms with Crippen LogP contribution in [0.5, 0.6) is 0 Å². The molecule has 1 atom stereocenters. The van der Waals surface area contributed by atoms with Gasteiger partial charge in [0.25, 0.3) is 10.0 Å². The molecule has 0 N–H and O–H groups in total. The molecule has 0 saturated carbocycles. The number of halogens is 2. The van der Waals surface area contributed by atoms with Gasteiger partial charge in [-0.2, -0.15) is 4.31 Å². The maximum absolute atomic E-state index is 12.7. The molecule has 1 aromatic heterocycles. The lowest BCUT2D eigenvalue weighted by Crippen LogP contribution is -2.29. The van der Waals surface area contributed by atoms with Crippen molar-refractivity contribution in [2.24, 2.45) is 0 Å². The smallest absolute Gasteiger partial charge is 0.206 e. The van der Waals surface area contributed by atoms with Crippen molar-refractivity contribution in [1.82, 2.24) is 4.31 Å². The number of aryl methyl sites for hydroxylation is 1. The molecule has 0 aliphatic carbocycles. The van der Waals surface area contributed by atoms with Gasteiger partial charge in [0.1, 0.15) is 4.21 Å². The van der Waals surface area contributed by atoms with Gasteiger partial charge >= 0.3 is 0 Å². The van der Waals surface area contributed by atoms with E-state index < -0.39 is 10.0 Å². The molecule has 114 valence electrons. The fourth-order valence-electron chi connectivity index (χ4n) is 1.89. The number of benzene rings is 1. The predicted octanol–water partition coefficient (Wildman–Crippen LogP) is 4.85. The lowest BCUT2D eigenvalue weighted by atomic mass is 10.1. The van der Waals surface area contributed by atoms with Crippen LogP contribution >= 0.6 is 38.9 Å². The first kappa shape index (κ1) is 17.0. The van der Waals surface area contributed by atoms with Crippen LogP contribution in [0.4, 0.5) is 0 Å². The fourth-order valence-corrected chi connectivity index (χ4v) is 5.85. The predicted molar refractivity (Wildman–Crippen MR) is 91.6 cm³/mol. The van der Waals surface area contributed by atoms with Gasteiger partial charge in [0, 0.05) is 18.1 Å². The summed E-state index contributed by atoms with van der Waals surface area (Å²) in [5.74, 6) is 0. The van der Waals surface area contributed by atoms with Crippen LogP contribution in [0.15, 0.2) is 38.3 Å². The molecule has 2 rings (SSSR count). The monoisotopic (exact) mass is 407 g/mol. The van der Waals surface area contributed by atoms with Crippen molar-refractivity contribution in [3.63, 3.8) is 0 Å². The highest BCUT2D eigenvalue weighted by molar-refractivity contribution is 9.11. The van der Waals surface area contributed by atoms with Crippen LogP contribution in [-0.4, -0.2) is 19.8 Å². The van der Waals surface area contributed by atoms with Crippen molar-refractivity contribution in [3.8, 4) is 0 Å². The highest BCUT2D eigenvalue weighted by Crippen LogP contribution is 2.34. The van der Waals surface area contributed by atoms with E-state index in [1.807, 2.05) is 26.0 Å². The summed E-state index contributed by atoms with van der Waals surface area (Å²) in [6.07, 6.45) is 0. The first-order chi connectivity index (χ1) is 9.73. The Hall–Kier alpha value is -0.400. The molecule has 1 aromatic carbocycles. The van der Waals surface area contributed by atoms with Crippen LogP contribution in [0.1, 0.15) is 24.1 Å². The molecule has 0 bridgehead atoms. The Kier molecular flexibility index (Phi) is 5.15. The van der Waals surface area contributed by atoms with E-state index in [0.717, 1.165) is 14.9 Å².